The molecule has 0 radical (unpaired) electrons. The number of piperidine rings is 1. The summed E-state index contributed by atoms with van der Waals surface area (Å²) in [6, 6.07) is 3.55. The molecule has 2 fully saturated rings. The van der Waals surface area contributed by atoms with Gasteiger partial charge in [-0.05, 0) is 51.2 Å². The quantitative estimate of drug-likeness (QED) is 0.509. The van der Waals surface area contributed by atoms with Crippen molar-refractivity contribution in [3.05, 3.63) is 22.7 Å². The lowest BCUT2D eigenvalue weighted by atomic mass is 9.88. The van der Waals surface area contributed by atoms with Crippen molar-refractivity contribution in [3.8, 4) is 11.5 Å². The standard InChI is InChI=1S/C25H37ClN2O4/c1-3-5-15-32-23-21(26)16-19(17-22(23)31-4-2)25(30)28-13-11-20(12-14-28)27-24(29)18-9-7-6-8-10-18/h16-18,20H,3-15H2,1-2H3,(H,27,29). The molecule has 178 valence electrons. The molecule has 0 unspecified atom stereocenters. The first kappa shape index (κ1) is 24.7. The van der Waals surface area contributed by atoms with Crippen LogP contribution in [0, 0.1) is 5.92 Å². The van der Waals surface area contributed by atoms with Crippen LogP contribution >= 0.6 is 11.6 Å². The van der Waals surface area contributed by atoms with Gasteiger partial charge in [-0.25, -0.2) is 0 Å². The summed E-state index contributed by atoms with van der Waals surface area (Å²) >= 11 is 6.46. The summed E-state index contributed by atoms with van der Waals surface area (Å²) in [6.45, 7) is 6.24. The van der Waals surface area contributed by atoms with Crippen molar-refractivity contribution in [2.24, 2.45) is 5.92 Å². The van der Waals surface area contributed by atoms with Crippen LogP contribution in [0.4, 0.5) is 0 Å². The molecule has 2 amide bonds. The van der Waals surface area contributed by atoms with E-state index in [4.69, 9.17) is 21.1 Å². The van der Waals surface area contributed by atoms with E-state index in [1.165, 1.54) is 6.42 Å². The highest BCUT2D eigenvalue weighted by Gasteiger charge is 2.28. The Kier molecular flexibility index (Phi) is 9.51. The van der Waals surface area contributed by atoms with Crippen LogP contribution in [-0.2, 0) is 4.79 Å². The van der Waals surface area contributed by atoms with Crippen LogP contribution in [0.3, 0.4) is 0 Å². The number of halogens is 1. The Morgan fingerprint density at radius 2 is 1.78 bits per heavy atom. The highest BCUT2D eigenvalue weighted by molar-refractivity contribution is 6.32. The van der Waals surface area contributed by atoms with Gasteiger partial charge in [0.1, 0.15) is 0 Å². The van der Waals surface area contributed by atoms with Crippen LogP contribution in [0.25, 0.3) is 0 Å². The molecular formula is C25H37ClN2O4. The predicted octanol–water partition coefficient (Wildman–Crippen LogP) is 5.22. The van der Waals surface area contributed by atoms with Crippen molar-refractivity contribution in [2.45, 2.75) is 77.7 Å². The molecule has 6 nitrogen and oxygen atoms in total. The second-order valence-electron chi connectivity index (χ2n) is 8.83. The van der Waals surface area contributed by atoms with Gasteiger partial charge in [-0.2, -0.15) is 0 Å². The molecule has 1 saturated carbocycles. The maximum absolute atomic E-state index is 13.1. The second kappa shape index (κ2) is 12.3. The number of rotatable bonds is 9. The number of benzene rings is 1. The van der Waals surface area contributed by atoms with E-state index in [1.807, 2.05) is 11.8 Å². The third kappa shape index (κ3) is 6.53. The molecular weight excluding hydrogens is 428 g/mol. The monoisotopic (exact) mass is 464 g/mol. The number of carbonyl (C=O) groups excluding carboxylic acids is 2. The third-order valence-electron chi connectivity index (χ3n) is 6.41. The molecule has 2 aliphatic rings. The van der Waals surface area contributed by atoms with Crippen molar-refractivity contribution < 1.29 is 19.1 Å². The fourth-order valence-electron chi connectivity index (χ4n) is 4.51. The molecule has 1 aromatic carbocycles. The lowest BCUT2D eigenvalue weighted by Gasteiger charge is -2.33. The summed E-state index contributed by atoms with van der Waals surface area (Å²) in [7, 11) is 0. The zero-order valence-electron chi connectivity index (χ0n) is 19.5. The summed E-state index contributed by atoms with van der Waals surface area (Å²) in [4.78, 5) is 27.5. The Morgan fingerprint density at radius 3 is 2.44 bits per heavy atom. The number of nitrogens with one attached hydrogen (secondary N) is 1. The molecule has 0 aromatic heterocycles. The van der Waals surface area contributed by atoms with Crippen LogP contribution in [0.15, 0.2) is 12.1 Å². The largest absolute Gasteiger partial charge is 0.490 e. The van der Waals surface area contributed by atoms with E-state index >= 15 is 0 Å². The molecule has 1 aliphatic carbocycles. The maximum Gasteiger partial charge on any atom is 0.254 e. The average Bonchev–Trinajstić information content (AvgIpc) is 2.81. The van der Waals surface area contributed by atoms with Crippen molar-refractivity contribution in [1.29, 1.82) is 0 Å². The zero-order chi connectivity index (χ0) is 22.9. The zero-order valence-corrected chi connectivity index (χ0v) is 20.2. The van der Waals surface area contributed by atoms with Gasteiger partial charge in [0.05, 0.1) is 18.2 Å². The molecule has 7 heteroatoms. The Bertz CT molecular complexity index is 771. The predicted molar refractivity (Wildman–Crippen MR) is 127 cm³/mol. The first-order chi connectivity index (χ1) is 15.5. The minimum Gasteiger partial charge on any atom is -0.490 e. The van der Waals surface area contributed by atoms with E-state index < -0.39 is 0 Å². The number of amides is 2. The fourth-order valence-corrected chi connectivity index (χ4v) is 4.77. The van der Waals surface area contributed by atoms with E-state index in [9.17, 15) is 9.59 Å². The van der Waals surface area contributed by atoms with Crippen molar-refractivity contribution >= 4 is 23.4 Å². The Balaban J connectivity index is 1.58. The highest BCUT2D eigenvalue weighted by atomic mass is 35.5. The average molecular weight is 465 g/mol. The van der Waals surface area contributed by atoms with Gasteiger partial charge in [0, 0.05) is 30.6 Å². The van der Waals surface area contributed by atoms with Gasteiger partial charge in [-0.1, -0.05) is 44.2 Å². The lowest BCUT2D eigenvalue weighted by Crippen LogP contribution is -2.48. The Labute approximate surface area is 197 Å². The minimum absolute atomic E-state index is 0.0648. The molecule has 1 N–H and O–H groups in total. The maximum atomic E-state index is 13.1. The van der Waals surface area contributed by atoms with Gasteiger partial charge >= 0.3 is 0 Å². The summed E-state index contributed by atoms with van der Waals surface area (Å²) in [5.41, 5.74) is 0.506. The highest BCUT2D eigenvalue weighted by Crippen LogP contribution is 2.37. The Hall–Kier alpha value is -1.95. The SMILES string of the molecule is CCCCOc1c(Cl)cc(C(=O)N2CCC(NC(=O)C3CCCCC3)CC2)cc1OCC. The molecule has 0 bridgehead atoms. The van der Waals surface area contributed by atoms with Crippen LogP contribution in [0.2, 0.25) is 5.02 Å². The minimum atomic E-state index is -0.0648. The number of likely N-dealkylation sites (tertiary alicyclic amines) is 1. The van der Waals surface area contributed by atoms with Gasteiger partial charge in [0.25, 0.3) is 5.91 Å². The van der Waals surface area contributed by atoms with Gasteiger partial charge in [0.15, 0.2) is 11.5 Å². The van der Waals surface area contributed by atoms with Crippen LogP contribution in [0.5, 0.6) is 11.5 Å². The summed E-state index contributed by atoms with van der Waals surface area (Å²) in [6.07, 6.45) is 9.05. The number of unbranched alkanes of at least 4 members (excludes halogenated alkanes) is 1. The van der Waals surface area contributed by atoms with Crippen molar-refractivity contribution in [2.75, 3.05) is 26.3 Å². The van der Waals surface area contributed by atoms with Gasteiger partial charge in [0.2, 0.25) is 5.91 Å². The summed E-state index contributed by atoms with van der Waals surface area (Å²) in [5.74, 6) is 1.31. The normalized spacial score (nSPS) is 17.8. The first-order valence-corrected chi connectivity index (χ1v) is 12.6. The Morgan fingerprint density at radius 1 is 1.06 bits per heavy atom. The summed E-state index contributed by atoms with van der Waals surface area (Å²) < 4.78 is 11.5. The third-order valence-corrected chi connectivity index (χ3v) is 6.69. The smallest absolute Gasteiger partial charge is 0.254 e. The fraction of sp³-hybridized carbons (Fsp3) is 0.680. The molecule has 0 atom stereocenters. The number of hydrogen-bond acceptors (Lipinski definition) is 4. The molecule has 1 aliphatic heterocycles. The molecule has 1 heterocycles. The molecule has 1 saturated heterocycles. The van der Waals surface area contributed by atoms with Gasteiger partial charge < -0.3 is 19.7 Å². The van der Waals surface area contributed by atoms with E-state index in [0.29, 0.717) is 48.4 Å². The van der Waals surface area contributed by atoms with E-state index in [1.54, 1.807) is 12.1 Å². The van der Waals surface area contributed by atoms with Crippen LogP contribution < -0.4 is 14.8 Å². The van der Waals surface area contributed by atoms with Crippen LogP contribution in [0.1, 0.15) is 82.0 Å². The molecule has 3 rings (SSSR count). The lowest BCUT2D eigenvalue weighted by molar-refractivity contribution is -0.126. The first-order valence-electron chi connectivity index (χ1n) is 12.2. The van der Waals surface area contributed by atoms with E-state index in [-0.39, 0.29) is 23.8 Å². The van der Waals surface area contributed by atoms with Crippen molar-refractivity contribution in [1.82, 2.24) is 10.2 Å². The van der Waals surface area contributed by atoms with Gasteiger partial charge in [-0.15, -0.1) is 0 Å². The number of ether oxygens (including phenoxy) is 2. The van der Waals surface area contributed by atoms with E-state index in [0.717, 1.165) is 51.4 Å². The molecule has 0 spiro atoms. The van der Waals surface area contributed by atoms with Crippen LogP contribution in [-0.4, -0.2) is 49.1 Å². The number of carbonyl (C=O) groups is 2. The molecule has 32 heavy (non-hydrogen) atoms. The number of hydrogen-bond donors (Lipinski definition) is 1. The number of nitrogens with zero attached hydrogens (tertiary/aromatic N) is 1. The molecule has 1 aromatic rings. The second-order valence-corrected chi connectivity index (χ2v) is 9.24. The van der Waals surface area contributed by atoms with Crippen molar-refractivity contribution in [3.63, 3.8) is 0 Å². The summed E-state index contributed by atoms with van der Waals surface area (Å²) in [5, 5.41) is 3.61. The topological polar surface area (TPSA) is 67.9 Å². The van der Waals surface area contributed by atoms with Gasteiger partial charge in [-0.3, -0.25) is 9.59 Å². The van der Waals surface area contributed by atoms with E-state index in [2.05, 4.69) is 12.2 Å².